The van der Waals surface area contributed by atoms with Crippen molar-refractivity contribution in [2.24, 2.45) is 0 Å². The molecule has 37 heavy (non-hydrogen) atoms. The number of nitrogens with zero attached hydrogens (tertiary/aromatic N) is 3. The molecule has 0 aliphatic carbocycles. The Labute approximate surface area is 228 Å². The molecule has 0 aliphatic heterocycles. The van der Waals surface area contributed by atoms with Gasteiger partial charge in [-0.1, -0.05) is 59.6 Å². The molecule has 198 valence electrons. The quantitative estimate of drug-likeness (QED) is 0.259. The highest BCUT2D eigenvalue weighted by molar-refractivity contribution is 9.10. The monoisotopic (exact) mass is 569 g/mol. The van der Waals surface area contributed by atoms with Gasteiger partial charge in [0.25, 0.3) is 5.91 Å². The fraction of sp³-hybridized carbons (Fsp3) is 0.379. The molecule has 0 fully saturated rings. The van der Waals surface area contributed by atoms with E-state index in [1.54, 1.807) is 19.2 Å². The highest BCUT2D eigenvalue weighted by Gasteiger charge is 2.22. The number of benzene rings is 2. The van der Waals surface area contributed by atoms with Gasteiger partial charge in [-0.25, -0.2) is 0 Å². The average molecular weight is 571 g/mol. The molecule has 0 saturated heterocycles. The SMILES string of the molecule is CCCCN(Cc1cccn1Cc1ccc(Br)cc1)C(=O)CN(CCOC)C(=O)COc1ccccc1. The van der Waals surface area contributed by atoms with E-state index in [0.717, 1.165) is 29.6 Å². The average Bonchev–Trinajstić information content (AvgIpc) is 3.35. The van der Waals surface area contributed by atoms with E-state index in [0.29, 0.717) is 32.0 Å². The van der Waals surface area contributed by atoms with Crippen LogP contribution in [0.3, 0.4) is 0 Å². The topological polar surface area (TPSA) is 64.0 Å². The van der Waals surface area contributed by atoms with Crippen LogP contribution >= 0.6 is 15.9 Å². The lowest BCUT2D eigenvalue weighted by molar-refractivity contribution is -0.142. The number of methoxy groups -OCH3 is 1. The van der Waals surface area contributed by atoms with E-state index in [-0.39, 0.29) is 25.0 Å². The maximum atomic E-state index is 13.5. The maximum absolute atomic E-state index is 13.5. The second-order valence-electron chi connectivity index (χ2n) is 8.83. The Kier molecular flexibility index (Phi) is 11.7. The highest BCUT2D eigenvalue weighted by atomic mass is 79.9. The summed E-state index contributed by atoms with van der Waals surface area (Å²) in [6, 6.07) is 21.5. The molecule has 7 nitrogen and oxygen atoms in total. The number of carbonyl (C=O) groups excluding carboxylic acids is 2. The van der Waals surface area contributed by atoms with Crippen LogP contribution in [0, 0.1) is 0 Å². The van der Waals surface area contributed by atoms with E-state index in [1.165, 1.54) is 10.5 Å². The van der Waals surface area contributed by atoms with Gasteiger partial charge in [0.2, 0.25) is 5.91 Å². The second-order valence-corrected chi connectivity index (χ2v) is 9.75. The van der Waals surface area contributed by atoms with Crippen LogP contribution in [0.5, 0.6) is 5.75 Å². The van der Waals surface area contributed by atoms with E-state index in [2.05, 4.69) is 39.6 Å². The summed E-state index contributed by atoms with van der Waals surface area (Å²) in [5.74, 6) is 0.280. The molecule has 0 saturated carbocycles. The summed E-state index contributed by atoms with van der Waals surface area (Å²) >= 11 is 3.48. The molecule has 1 heterocycles. The third-order valence-electron chi connectivity index (χ3n) is 6.03. The van der Waals surface area contributed by atoms with Crippen LogP contribution in [0.4, 0.5) is 0 Å². The van der Waals surface area contributed by atoms with Crippen molar-refractivity contribution in [3.8, 4) is 5.75 Å². The third kappa shape index (κ3) is 9.37. The lowest BCUT2D eigenvalue weighted by Gasteiger charge is -2.28. The van der Waals surface area contributed by atoms with Crippen molar-refractivity contribution in [3.05, 3.63) is 88.7 Å². The van der Waals surface area contributed by atoms with Gasteiger partial charge in [-0.2, -0.15) is 0 Å². The zero-order valence-electron chi connectivity index (χ0n) is 21.6. The summed E-state index contributed by atoms with van der Waals surface area (Å²) in [6.45, 7) is 4.45. The van der Waals surface area contributed by atoms with Gasteiger partial charge in [0, 0.05) is 43.1 Å². The number of hydrogen-bond acceptors (Lipinski definition) is 4. The van der Waals surface area contributed by atoms with Crippen LogP contribution in [-0.2, 0) is 27.4 Å². The first-order chi connectivity index (χ1) is 18.0. The van der Waals surface area contributed by atoms with E-state index >= 15 is 0 Å². The Bertz CT molecular complexity index is 1100. The first kappa shape index (κ1) is 28.5. The Hall–Kier alpha value is -3.10. The predicted molar refractivity (Wildman–Crippen MR) is 148 cm³/mol. The maximum Gasteiger partial charge on any atom is 0.261 e. The number of hydrogen-bond donors (Lipinski definition) is 0. The van der Waals surface area contributed by atoms with E-state index in [4.69, 9.17) is 9.47 Å². The number of unbranched alkanes of at least 4 members (excludes halogenated alkanes) is 1. The Morgan fingerprint density at radius 1 is 0.919 bits per heavy atom. The second kappa shape index (κ2) is 15.2. The highest BCUT2D eigenvalue weighted by Crippen LogP contribution is 2.15. The molecule has 3 rings (SSSR count). The van der Waals surface area contributed by atoms with Gasteiger partial charge in [0.1, 0.15) is 5.75 Å². The first-order valence-electron chi connectivity index (χ1n) is 12.6. The van der Waals surface area contributed by atoms with Crippen LogP contribution in [0.1, 0.15) is 31.0 Å². The number of halogens is 1. The smallest absolute Gasteiger partial charge is 0.261 e. The van der Waals surface area contributed by atoms with E-state index < -0.39 is 0 Å². The van der Waals surface area contributed by atoms with Crippen molar-refractivity contribution in [2.75, 3.05) is 40.0 Å². The molecule has 2 amide bonds. The molecular formula is C29H36BrN3O4. The number of ether oxygens (including phenoxy) is 2. The molecular weight excluding hydrogens is 534 g/mol. The Morgan fingerprint density at radius 2 is 1.68 bits per heavy atom. The van der Waals surface area contributed by atoms with Gasteiger partial charge < -0.3 is 23.8 Å². The first-order valence-corrected chi connectivity index (χ1v) is 13.4. The standard InChI is InChI=1S/C29H36BrN3O4/c1-3-4-16-32(21-26-9-8-17-31(26)20-24-12-14-25(30)15-13-24)28(34)22-33(18-19-36-2)29(35)23-37-27-10-6-5-7-11-27/h5-15,17H,3-4,16,18-23H2,1-2H3. The molecule has 0 unspecified atom stereocenters. The van der Waals surface area contributed by atoms with Gasteiger partial charge in [-0.05, 0) is 48.4 Å². The molecule has 0 radical (unpaired) electrons. The number of carbonyl (C=O) groups is 2. The minimum absolute atomic E-state index is 0.0164. The fourth-order valence-electron chi connectivity index (χ4n) is 3.88. The predicted octanol–water partition coefficient (Wildman–Crippen LogP) is 4.98. The summed E-state index contributed by atoms with van der Waals surface area (Å²) < 4.78 is 14.0. The minimum atomic E-state index is -0.247. The summed E-state index contributed by atoms with van der Waals surface area (Å²) in [5.41, 5.74) is 2.23. The van der Waals surface area contributed by atoms with Gasteiger partial charge in [0.05, 0.1) is 19.7 Å². The molecule has 1 aromatic heterocycles. The Balaban J connectivity index is 1.67. The summed E-state index contributed by atoms with van der Waals surface area (Å²) in [7, 11) is 1.58. The largest absolute Gasteiger partial charge is 0.484 e. The number of rotatable bonds is 15. The number of para-hydroxylation sites is 1. The van der Waals surface area contributed by atoms with Crippen molar-refractivity contribution in [1.29, 1.82) is 0 Å². The minimum Gasteiger partial charge on any atom is -0.484 e. The molecule has 0 N–H and O–H groups in total. The van der Waals surface area contributed by atoms with Crippen LogP contribution in [-0.4, -0.2) is 66.1 Å². The van der Waals surface area contributed by atoms with Crippen LogP contribution in [0.2, 0.25) is 0 Å². The third-order valence-corrected chi connectivity index (χ3v) is 6.56. The van der Waals surface area contributed by atoms with Crippen LogP contribution in [0.15, 0.2) is 77.4 Å². The molecule has 3 aromatic rings. The van der Waals surface area contributed by atoms with Crippen molar-refractivity contribution in [3.63, 3.8) is 0 Å². The van der Waals surface area contributed by atoms with E-state index in [1.807, 2.05) is 53.6 Å². The van der Waals surface area contributed by atoms with Gasteiger partial charge in [-0.3, -0.25) is 9.59 Å². The summed E-state index contributed by atoms with van der Waals surface area (Å²) in [4.78, 5) is 29.8. The van der Waals surface area contributed by atoms with Gasteiger partial charge >= 0.3 is 0 Å². The Morgan fingerprint density at radius 3 is 2.38 bits per heavy atom. The molecule has 0 bridgehead atoms. The van der Waals surface area contributed by atoms with Crippen molar-refractivity contribution >= 4 is 27.7 Å². The van der Waals surface area contributed by atoms with Gasteiger partial charge in [-0.15, -0.1) is 0 Å². The van der Waals surface area contributed by atoms with Crippen molar-refractivity contribution < 1.29 is 19.1 Å². The van der Waals surface area contributed by atoms with Crippen LogP contribution < -0.4 is 4.74 Å². The number of amides is 2. The summed E-state index contributed by atoms with van der Waals surface area (Å²) in [6.07, 6.45) is 3.90. The van der Waals surface area contributed by atoms with Crippen molar-refractivity contribution in [1.82, 2.24) is 14.4 Å². The molecule has 8 heteroatoms. The summed E-state index contributed by atoms with van der Waals surface area (Å²) in [5, 5.41) is 0. The molecule has 0 atom stereocenters. The normalized spacial score (nSPS) is 10.8. The number of aromatic nitrogens is 1. The zero-order chi connectivity index (χ0) is 26.5. The van der Waals surface area contributed by atoms with E-state index in [9.17, 15) is 9.59 Å². The lowest BCUT2D eigenvalue weighted by Crippen LogP contribution is -2.45. The molecule has 0 aliphatic rings. The molecule has 2 aromatic carbocycles. The van der Waals surface area contributed by atoms with Crippen LogP contribution in [0.25, 0.3) is 0 Å². The van der Waals surface area contributed by atoms with Gasteiger partial charge in [0.15, 0.2) is 6.61 Å². The van der Waals surface area contributed by atoms with Crippen molar-refractivity contribution in [2.45, 2.75) is 32.9 Å². The lowest BCUT2D eigenvalue weighted by atomic mass is 10.2. The zero-order valence-corrected chi connectivity index (χ0v) is 23.2. The molecule has 0 spiro atoms. The fourth-order valence-corrected chi connectivity index (χ4v) is 4.14.